The molecule has 1 aromatic carbocycles. The molecule has 0 saturated carbocycles. The molecular formula is C14H19NO6S. The molecule has 22 heavy (non-hydrogen) atoms. The van der Waals surface area contributed by atoms with Crippen molar-refractivity contribution in [2.45, 2.75) is 39.0 Å². The van der Waals surface area contributed by atoms with E-state index in [1.54, 1.807) is 18.2 Å². The highest BCUT2D eigenvalue weighted by atomic mass is 32.2. The van der Waals surface area contributed by atoms with Crippen molar-refractivity contribution in [3.05, 3.63) is 29.3 Å². The summed E-state index contributed by atoms with van der Waals surface area (Å²) in [5, 5.41) is 0. The molecule has 1 heterocycles. The third-order valence-corrected chi connectivity index (χ3v) is 4.55. The first-order valence-corrected chi connectivity index (χ1v) is 8.07. The monoisotopic (exact) mass is 329 g/mol. The minimum absolute atomic E-state index is 0.0282. The number of carbonyl (C=O) groups excluding carboxylic acids is 1. The lowest BCUT2D eigenvalue weighted by atomic mass is 9.84. The average molecular weight is 329 g/mol. The third-order valence-electron chi connectivity index (χ3n) is 3.63. The van der Waals surface area contributed by atoms with Gasteiger partial charge >= 0.3 is 16.3 Å². The maximum absolute atomic E-state index is 11.2. The molecule has 1 N–H and O–H groups in total. The van der Waals surface area contributed by atoms with Crippen LogP contribution in [0.1, 0.15) is 31.9 Å². The topological polar surface area (TPSA) is 93.1 Å². The maximum Gasteiger partial charge on any atom is 0.335 e. The van der Waals surface area contributed by atoms with Crippen LogP contribution in [0.3, 0.4) is 0 Å². The van der Waals surface area contributed by atoms with Gasteiger partial charge in [0.25, 0.3) is 6.29 Å². The Balaban J connectivity index is 2.29. The Bertz CT molecular complexity index is 697. The van der Waals surface area contributed by atoms with E-state index in [0.717, 1.165) is 9.87 Å². The molecule has 1 aliphatic rings. The van der Waals surface area contributed by atoms with Gasteiger partial charge in [-0.05, 0) is 31.5 Å². The number of ether oxygens (including phenoxy) is 2. The van der Waals surface area contributed by atoms with Crippen molar-refractivity contribution in [1.29, 1.82) is 0 Å². The SMILES string of the molecule is CC(=O)OC1Oc2ccc(CN(C)S(=O)(=O)O)cc2C1(C)C. The van der Waals surface area contributed by atoms with E-state index in [2.05, 4.69) is 0 Å². The first kappa shape index (κ1) is 16.7. The van der Waals surface area contributed by atoms with Gasteiger partial charge in [0.05, 0.1) is 5.41 Å². The molecule has 1 aromatic rings. The van der Waals surface area contributed by atoms with Crippen LogP contribution in [0.4, 0.5) is 0 Å². The largest absolute Gasteiger partial charge is 0.454 e. The Morgan fingerprint density at radius 3 is 2.64 bits per heavy atom. The van der Waals surface area contributed by atoms with E-state index in [0.29, 0.717) is 11.3 Å². The average Bonchev–Trinajstić information content (AvgIpc) is 2.60. The summed E-state index contributed by atoms with van der Waals surface area (Å²) in [6.45, 7) is 5.10. The Morgan fingerprint density at radius 1 is 1.45 bits per heavy atom. The van der Waals surface area contributed by atoms with Crippen LogP contribution in [-0.2, 0) is 31.8 Å². The lowest BCUT2D eigenvalue weighted by Crippen LogP contribution is -2.36. The summed E-state index contributed by atoms with van der Waals surface area (Å²) >= 11 is 0. The highest BCUT2D eigenvalue weighted by Gasteiger charge is 2.44. The first-order valence-electron chi connectivity index (χ1n) is 6.68. The first-order chi connectivity index (χ1) is 10.0. The van der Waals surface area contributed by atoms with Crippen molar-refractivity contribution in [2.75, 3.05) is 7.05 Å². The molecule has 0 fully saturated rings. The molecule has 0 bridgehead atoms. The number of carbonyl (C=O) groups is 1. The van der Waals surface area contributed by atoms with E-state index < -0.39 is 28.0 Å². The van der Waals surface area contributed by atoms with E-state index in [-0.39, 0.29) is 6.54 Å². The summed E-state index contributed by atoms with van der Waals surface area (Å²) in [4.78, 5) is 11.2. The molecule has 8 heteroatoms. The number of hydrogen-bond acceptors (Lipinski definition) is 5. The second-order valence-corrected chi connectivity index (χ2v) is 7.36. The predicted molar refractivity (Wildman–Crippen MR) is 78.7 cm³/mol. The van der Waals surface area contributed by atoms with Gasteiger partial charge in [-0.15, -0.1) is 0 Å². The van der Waals surface area contributed by atoms with Crippen LogP contribution in [0.2, 0.25) is 0 Å². The molecule has 0 amide bonds. The molecule has 1 aliphatic heterocycles. The Kier molecular flexibility index (Phi) is 4.20. The van der Waals surface area contributed by atoms with Gasteiger partial charge in [0.15, 0.2) is 0 Å². The van der Waals surface area contributed by atoms with E-state index in [4.69, 9.17) is 14.0 Å². The van der Waals surface area contributed by atoms with Gasteiger partial charge < -0.3 is 9.47 Å². The normalized spacial score (nSPS) is 19.6. The second-order valence-electron chi connectivity index (χ2n) is 5.85. The summed E-state index contributed by atoms with van der Waals surface area (Å²) in [5.41, 5.74) is 0.951. The lowest BCUT2D eigenvalue weighted by Gasteiger charge is -2.25. The second kappa shape index (κ2) is 5.53. The summed E-state index contributed by atoms with van der Waals surface area (Å²) in [6, 6.07) is 5.20. The van der Waals surface area contributed by atoms with Crippen molar-refractivity contribution < 1.29 is 27.2 Å². The van der Waals surface area contributed by atoms with Crippen molar-refractivity contribution in [3.8, 4) is 5.75 Å². The van der Waals surface area contributed by atoms with Crippen molar-refractivity contribution in [2.24, 2.45) is 0 Å². The molecule has 122 valence electrons. The fraction of sp³-hybridized carbons (Fsp3) is 0.500. The van der Waals surface area contributed by atoms with Crippen LogP contribution in [0.15, 0.2) is 18.2 Å². The minimum atomic E-state index is -4.24. The zero-order valence-electron chi connectivity index (χ0n) is 12.9. The third kappa shape index (κ3) is 3.23. The van der Waals surface area contributed by atoms with Crippen molar-refractivity contribution in [1.82, 2.24) is 4.31 Å². The summed E-state index contributed by atoms with van der Waals surface area (Å²) in [7, 11) is -2.95. The van der Waals surface area contributed by atoms with Gasteiger partial charge in [-0.2, -0.15) is 12.7 Å². The number of rotatable bonds is 4. The molecule has 1 atom stereocenters. The Labute approximate surface area is 129 Å². The highest BCUT2D eigenvalue weighted by Crippen LogP contribution is 2.43. The zero-order chi connectivity index (χ0) is 16.7. The molecule has 0 spiro atoms. The van der Waals surface area contributed by atoms with Gasteiger partial charge in [-0.3, -0.25) is 9.35 Å². The number of esters is 1. The summed E-state index contributed by atoms with van der Waals surface area (Å²) < 4.78 is 42.8. The van der Waals surface area contributed by atoms with Gasteiger partial charge in [0.2, 0.25) is 0 Å². The number of nitrogens with zero attached hydrogens (tertiary/aromatic N) is 1. The molecule has 2 rings (SSSR count). The fourth-order valence-corrected chi connectivity index (χ4v) is 2.64. The minimum Gasteiger partial charge on any atom is -0.454 e. The molecular weight excluding hydrogens is 310 g/mol. The van der Waals surface area contributed by atoms with Crippen LogP contribution in [0, 0.1) is 0 Å². The van der Waals surface area contributed by atoms with Crippen LogP contribution in [0.25, 0.3) is 0 Å². The summed E-state index contributed by atoms with van der Waals surface area (Å²) in [6.07, 6.45) is -0.727. The number of benzene rings is 1. The van der Waals surface area contributed by atoms with Crippen LogP contribution >= 0.6 is 0 Å². The molecule has 0 aromatic heterocycles. The van der Waals surface area contributed by atoms with E-state index in [1.807, 2.05) is 13.8 Å². The zero-order valence-corrected chi connectivity index (χ0v) is 13.7. The Morgan fingerprint density at radius 2 is 2.09 bits per heavy atom. The molecule has 0 saturated heterocycles. The predicted octanol–water partition coefficient (Wildman–Crippen LogP) is 1.48. The molecule has 0 aliphatic carbocycles. The number of hydrogen-bond donors (Lipinski definition) is 1. The van der Waals surface area contributed by atoms with Crippen LogP contribution < -0.4 is 4.74 Å². The fourth-order valence-electron chi connectivity index (χ4n) is 2.33. The van der Waals surface area contributed by atoms with Crippen LogP contribution in [-0.4, -0.2) is 36.6 Å². The van der Waals surface area contributed by atoms with Crippen LogP contribution in [0.5, 0.6) is 5.75 Å². The quantitative estimate of drug-likeness (QED) is 0.664. The Hall–Kier alpha value is -1.64. The van der Waals surface area contributed by atoms with Gasteiger partial charge in [0, 0.05) is 26.1 Å². The maximum atomic E-state index is 11.2. The van der Waals surface area contributed by atoms with E-state index in [9.17, 15) is 13.2 Å². The standard InChI is InChI=1S/C14H19NO6S/c1-9(16)20-13-14(2,3)11-7-10(5-6-12(11)21-13)8-15(4)22(17,18)19/h5-7,13H,8H2,1-4H3,(H,17,18,19). The summed E-state index contributed by atoms with van der Waals surface area (Å²) in [5.74, 6) is 0.159. The lowest BCUT2D eigenvalue weighted by molar-refractivity contribution is -0.165. The highest BCUT2D eigenvalue weighted by molar-refractivity contribution is 7.83. The smallest absolute Gasteiger partial charge is 0.335 e. The van der Waals surface area contributed by atoms with E-state index in [1.165, 1.54) is 14.0 Å². The molecule has 1 unspecified atom stereocenters. The van der Waals surface area contributed by atoms with Gasteiger partial charge in [-0.25, -0.2) is 0 Å². The van der Waals surface area contributed by atoms with Crippen molar-refractivity contribution >= 4 is 16.3 Å². The van der Waals surface area contributed by atoms with E-state index >= 15 is 0 Å². The van der Waals surface area contributed by atoms with Crippen molar-refractivity contribution in [3.63, 3.8) is 0 Å². The molecule has 7 nitrogen and oxygen atoms in total. The van der Waals surface area contributed by atoms with Gasteiger partial charge in [-0.1, -0.05) is 6.07 Å². The van der Waals surface area contributed by atoms with Gasteiger partial charge in [0.1, 0.15) is 5.75 Å². The molecule has 0 radical (unpaired) electrons. The number of fused-ring (bicyclic) bond motifs is 1.